The van der Waals surface area contributed by atoms with Crippen LogP contribution in [0.3, 0.4) is 0 Å². The van der Waals surface area contributed by atoms with Gasteiger partial charge in [0.2, 0.25) is 0 Å². The van der Waals surface area contributed by atoms with Crippen molar-refractivity contribution in [1.29, 1.82) is 0 Å². The summed E-state index contributed by atoms with van der Waals surface area (Å²) in [4.78, 5) is 0. The highest BCUT2D eigenvalue weighted by Crippen LogP contribution is 2.51. The molecule has 2 aliphatic rings. The lowest BCUT2D eigenvalue weighted by Gasteiger charge is -2.24. The molecule has 2 rings (SSSR count). The van der Waals surface area contributed by atoms with Crippen molar-refractivity contribution in [2.24, 2.45) is 11.3 Å². The van der Waals surface area contributed by atoms with Gasteiger partial charge in [-0.2, -0.15) is 0 Å². The zero-order chi connectivity index (χ0) is 12.3. The fourth-order valence-electron chi connectivity index (χ4n) is 3.24. The molecule has 2 heteroatoms. The predicted octanol–water partition coefficient (Wildman–Crippen LogP) is 2.81. The third-order valence-corrected chi connectivity index (χ3v) is 4.24. The lowest BCUT2D eigenvalue weighted by atomic mass is 9.80. The molecule has 0 amide bonds. The van der Waals surface area contributed by atoms with Crippen molar-refractivity contribution in [3.8, 4) is 0 Å². The number of unbranched alkanes of at least 4 members (excludes halogenated alkanes) is 1. The number of hydrogen-bond donors (Lipinski definition) is 2. The maximum absolute atomic E-state index is 9.85. The number of aliphatic hydroxyl groups is 2. The molecular weight excluding hydrogens is 212 g/mol. The van der Waals surface area contributed by atoms with Crippen molar-refractivity contribution >= 4 is 0 Å². The molecule has 0 spiro atoms. The number of aliphatic hydroxyl groups excluding tert-OH is 2. The highest BCUT2D eigenvalue weighted by molar-refractivity contribution is 5.24. The van der Waals surface area contributed by atoms with E-state index in [1.54, 1.807) is 0 Å². The van der Waals surface area contributed by atoms with Crippen LogP contribution in [0.4, 0.5) is 0 Å². The predicted molar refractivity (Wildman–Crippen MR) is 69.6 cm³/mol. The van der Waals surface area contributed by atoms with Gasteiger partial charge in [0.25, 0.3) is 0 Å². The van der Waals surface area contributed by atoms with Gasteiger partial charge in [0, 0.05) is 5.41 Å². The summed E-state index contributed by atoms with van der Waals surface area (Å²) in [6.07, 6.45) is 13.9. The Bertz CT molecular complexity index is 308. The normalized spacial score (nSPS) is 37.8. The molecule has 4 atom stereocenters. The molecule has 1 fully saturated rings. The second kappa shape index (κ2) is 5.36. The van der Waals surface area contributed by atoms with Crippen molar-refractivity contribution in [1.82, 2.24) is 0 Å². The second-order valence-electron chi connectivity index (χ2n) is 5.61. The fourth-order valence-corrected chi connectivity index (χ4v) is 3.24. The zero-order valence-electron chi connectivity index (χ0n) is 10.7. The molecule has 3 unspecified atom stereocenters. The summed E-state index contributed by atoms with van der Waals surface area (Å²) < 4.78 is 0. The highest BCUT2D eigenvalue weighted by atomic mass is 16.3. The number of hydrogen-bond acceptors (Lipinski definition) is 2. The van der Waals surface area contributed by atoms with Crippen LogP contribution in [-0.4, -0.2) is 22.4 Å². The van der Waals surface area contributed by atoms with E-state index in [4.69, 9.17) is 0 Å². The Balaban J connectivity index is 1.96. The Morgan fingerprint density at radius 2 is 2.35 bits per heavy atom. The quantitative estimate of drug-likeness (QED) is 0.721. The largest absolute Gasteiger partial charge is 0.393 e. The first-order valence-electron chi connectivity index (χ1n) is 6.89. The summed E-state index contributed by atoms with van der Waals surface area (Å²) in [7, 11) is 0. The molecule has 0 radical (unpaired) electrons. The Morgan fingerprint density at radius 1 is 1.53 bits per heavy atom. The third kappa shape index (κ3) is 2.80. The molecule has 0 bridgehead atoms. The van der Waals surface area contributed by atoms with Crippen LogP contribution in [0.25, 0.3) is 0 Å². The average Bonchev–Trinajstić information content (AvgIpc) is 2.79. The molecule has 2 aliphatic carbocycles. The van der Waals surface area contributed by atoms with Gasteiger partial charge in [-0.3, -0.25) is 0 Å². The van der Waals surface area contributed by atoms with E-state index >= 15 is 0 Å². The van der Waals surface area contributed by atoms with Gasteiger partial charge in [-0.15, -0.1) is 0 Å². The maximum Gasteiger partial charge on any atom is 0.0721 e. The van der Waals surface area contributed by atoms with Crippen LogP contribution in [0.5, 0.6) is 0 Å². The van der Waals surface area contributed by atoms with Crippen LogP contribution >= 0.6 is 0 Å². The van der Waals surface area contributed by atoms with E-state index in [0.29, 0.717) is 5.92 Å². The molecule has 2 nitrogen and oxygen atoms in total. The summed E-state index contributed by atoms with van der Waals surface area (Å²) in [5.74, 6) is 0.548. The van der Waals surface area contributed by atoms with E-state index in [2.05, 4.69) is 25.2 Å². The van der Waals surface area contributed by atoms with Gasteiger partial charge in [0.1, 0.15) is 0 Å². The molecule has 2 N–H and O–H groups in total. The zero-order valence-corrected chi connectivity index (χ0v) is 10.7. The van der Waals surface area contributed by atoms with Gasteiger partial charge in [-0.1, -0.05) is 44.1 Å². The number of rotatable bonds is 5. The van der Waals surface area contributed by atoms with Crippen molar-refractivity contribution in [3.63, 3.8) is 0 Å². The minimum atomic E-state index is -0.322. The SMILES string of the molecule is CCCC[C@H](O)/C=C/C12C=CCC1CC(O)C2. The summed E-state index contributed by atoms with van der Waals surface area (Å²) in [5, 5.41) is 19.6. The van der Waals surface area contributed by atoms with Crippen LogP contribution in [0.1, 0.15) is 45.4 Å². The molecular formula is C15H24O2. The first-order chi connectivity index (χ1) is 8.16. The molecule has 96 valence electrons. The Morgan fingerprint density at radius 3 is 3.12 bits per heavy atom. The smallest absolute Gasteiger partial charge is 0.0721 e. The van der Waals surface area contributed by atoms with Crippen molar-refractivity contribution in [2.45, 2.75) is 57.7 Å². The highest BCUT2D eigenvalue weighted by Gasteiger charge is 2.45. The molecule has 0 aromatic heterocycles. The third-order valence-electron chi connectivity index (χ3n) is 4.24. The standard InChI is InChI=1S/C15H24O2/c1-2-3-6-13(16)7-9-15-8-4-5-12(15)10-14(17)11-15/h4,7-9,12-14,16-17H,2-3,5-6,10-11H2,1H3/b9-7+/t12?,13-,14?,15?/m0/s1. The summed E-state index contributed by atoms with van der Waals surface area (Å²) in [5.41, 5.74) is 0.0343. The average molecular weight is 236 g/mol. The van der Waals surface area contributed by atoms with Gasteiger partial charge in [0.15, 0.2) is 0 Å². The van der Waals surface area contributed by atoms with Gasteiger partial charge in [-0.05, 0) is 31.6 Å². The number of allylic oxidation sites excluding steroid dienone is 3. The topological polar surface area (TPSA) is 40.5 Å². The first-order valence-corrected chi connectivity index (χ1v) is 6.89. The maximum atomic E-state index is 9.85. The Kier molecular flexibility index (Phi) is 4.05. The van der Waals surface area contributed by atoms with Crippen LogP contribution < -0.4 is 0 Å². The van der Waals surface area contributed by atoms with Gasteiger partial charge < -0.3 is 10.2 Å². The van der Waals surface area contributed by atoms with Crippen LogP contribution in [0, 0.1) is 11.3 Å². The van der Waals surface area contributed by atoms with Gasteiger partial charge in [0.05, 0.1) is 12.2 Å². The number of fused-ring (bicyclic) bond motifs is 1. The Hall–Kier alpha value is -0.600. The molecule has 0 aliphatic heterocycles. The van der Waals surface area contributed by atoms with Crippen molar-refractivity contribution in [2.75, 3.05) is 0 Å². The monoisotopic (exact) mass is 236 g/mol. The lowest BCUT2D eigenvalue weighted by molar-refractivity contribution is 0.173. The molecule has 0 aromatic rings. The fraction of sp³-hybridized carbons (Fsp3) is 0.733. The molecule has 0 aromatic carbocycles. The molecule has 0 heterocycles. The van der Waals surface area contributed by atoms with E-state index in [-0.39, 0.29) is 17.6 Å². The van der Waals surface area contributed by atoms with Crippen molar-refractivity contribution < 1.29 is 10.2 Å². The van der Waals surface area contributed by atoms with E-state index < -0.39 is 0 Å². The van der Waals surface area contributed by atoms with Gasteiger partial charge in [-0.25, -0.2) is 0 Å². The lowest BCUT2D eigenvalue weighted by Crippen LogP contribution is -2.17. The summed E-state index contributed by atoms with van der Waals surface area (Å²) >= 11 is 0. The van der Waals surface area contributed by atoms with E-state index in [9.17, 15) is 10.2 Å². The van der Waals surface area contributed by atoms with E-state index in [1.807, 2.05) is 6.08 Å². The molecule has 17 heavy (non-hydrogen) atoms. The molecule has 1 saturated carbocycles. The van der Waals surface area contributed by atoms with Crippen LogP contribution in [0.15, 0.2) is 24.3 Å². The summed E-state index contributed by atoms with van der Waals surface area (Å²) in [6.45, 7) is 2.14. The van der Waals surface area contributed by atoms with Crippen LogP contribution in [-0.2, 0) is 0 Å². The minimum absolute atomic E-state index is 0.0343. The first kappa shape index (κ1) is 12.8. The minimum Gasteiger partial charge on any atom is -0.393 e. The van der Waals surface area contributed by atoms with E-state index in [0.717, 1.165) is 38.5 Å². The van der Waals surface area contributed by atoms with Crippen LogP contribution in [0.2, 0.25) is 0 Å². The second-order valence-corrected chi connectivity index (χ2v) is 5.61. The van der Waals surface area contributed by atoms with Gasteiger partial charge >= 0.3 is 0 Å². The van der Waals surface area contributed by atoms with E-state index in [1.165, 1.54) is 0 Å². The molecule has 0 saturated heterocycles. The Labute approximate surface area is 104 Å². The van der Waals surface area contributed by atoms with Crippen molar-refractivity contribution in [3.05, 3.63) is 24.3 Å². The summed E-state index contributed by atoms with van der Waals surface area (Å²) in [6, 6.07) is 0.